The van der Waals surface area contributed by atoms with Gasteiger partial charge in [0.15, 0.2) is 0 Å². The monoisotopic (exact) mass is 406 g/mol. The van der Waals surface area contributed by atoms with Gasteiger partial charge in [-0.3, -0.25) is 14.9 Å². The summed E-state index contributed by atoms with van der Waals surface area (Å²) in [6.07, 6.45) is -0.833. The zero-order valence-corrected chi connectivity index (χ0v) is 16.7. The minimum absolute atomic E-state index is 0.0237. The van der Waals surface area contributed by atoms with Crippen molar-refractivity contribution in [1.29, 1.82) is 0 Å². The van der Waals surface area contributed by atoms with Crippen molar-refractivity contribution >= 4 is 29.7 Å². The number of benzene rings is 1. The van der Waals surface area contributed by atoms with Crippen LogP contribution in [0, 0.1) is 6.92 Å². The molecule has 0 fully saturated rings. The molecule has 0 unspecified atom stereocenters. The average Bonchev–Trinajstić information content (AvgIpc) is 3.13. The molecule has 9 nitrogen and oxygen atoms in total. The molecule has 0 radical (unpaired) electrons. The Balaban J connectivity index is 1.89. The van der Waals surface area contributed by atoms with E-state index in [2.05, 4.69) is 20.3 Å². The number of carbonyl (C=O) groups excluding carboxylic acids is 3. The van der Waals surface area contributed by atoms with Crippen LogP contribution in [0.1, 0.15) is 19.4 Å². The second-order valence-electron chi connectivity index (χ2n) is 5.65. The van der Waals surface area contributed by atoms with Crippen molar-refractivity contribution in [2.75, 3.05) is 25.4 Å². The van der Waals surface area contributed by atoms with E-state index in [1.165, 1.54) is 4.90 Å². The van der Waals surface area contributed by atoms with E-state index in [1.54, 1.807) is 13.8 Å². The first-order chi connectivity index (χ1) is 13.4. The first-order valence-electron chi connectivity index (χ1n) is 8.71. The van der Waals surface area contributed by atoms with Gasteiger partial charge in [0.2, 0.25) is 17.7 Å². The highest BCUT2D eigenvalue weighted by molar-refractivity contribution is 7.99. The molecule has 0 bridgehead atoms. The number of likely N-dealkylation sites (N-methyl/N-ethyl adjacent to an activating group) is 1. The van der Waals surface area contributed by atoms with Gasteiger partial charge in [0.25, 0.3) is 5.22 Å². The molecule has 0 spiro atoms. The van der Waals surface area contributed by atoms with E-state index in [0.29, 0.717) is 12.4 Å². The van der Waals surface area contributed by atoms with Gasteiger partial charge in [-0.1, -0.05) is 30.0 Å². The number of rotatable bonds is 8. The predicted molar refractivity (Wildman–Crippen MR) is 103 cm³/mol. The van der Waals surface area contributed by atoms with Gasteiger partial charge in [-0.2, -0.15) is 0 Å². The van der Waals surface area contributed by atoms with E-state index in [0.717, 1.165) is 22.9 Å². The highest BCUT2D eigenvalue weighted by Crippen LogP contribution is 2.25. The van der Waals surface area contributed by atoms with Gasteiger partial charge in [0.1, 0.15) is 6.54 Å². The van der Waals surface area contributed by atoms with Crippen LogP contribution in [0.5, 0.6) is 0 Å². The van der Waals surface area contributed by atoms with Crippen LogP contribution < -0.4 is 5.32 Å². The summed E-state index contributed by atoms with van der Waals surface area (Å²) in [4.78, 5) is 36.7. The quantitative estimate of drug-likeness (QED) is 0.664. The lowest BCUT2D eigenvalue weighted by Crippen LogP contribution is -2.43. The molecule has 150 valence electrons. The Hall–Kier alpha value is -2.88. The van der Waals surface area contributed by atoms with E-state index in [4.69, 9.17) is 4.42 Å². The Morgan fingerprint density at radius 3 is 2.64 bits per heavy atom. The number of nitrogens with zero attached hydrogens (tertiary/aromatic N) is 3. The Morgan fingerprint density at radius 2 is 1.96 bits per heavy atom. The van der Waals surface area contributed by atoms with Gasteiger partial charge in [-0.15, -0.1) is 10.2 Å². The maximum atomic E-state index is 12.3. The smallest absolute Gasteiger partial charge is 0.413 e. The lowest BCUT2D eigenvalue weighted by Gasteiger charge is -2.19. The van der Waals surface area contributed by atoms with Crippen LogP contribution in [0.25, 0.3) is 11.5 Å². The number of thioether (sulfide) groups is 1. The Labute approximate surface area is 166 Å². The molecule has 10 heteroatoms. The van der Waals surface area contributed by atoms with Crippen molar-refractivity contribution < 1.29 is 23.5 Å². The third-order valence-corrected chi connectivity index (χ3v) is 4.49. The zero-order chi connectivity index (χ0) is 20.5. The molecule has 0 aliphatic carbocycles. The van der Waals surface area contributed by atoms with Crippen molar-refractivity contribution in [1.82, 2.24) is 20.4 Å². The number of hydrogen-bond donors (Lipinski definition) is 1. The molecule has 0 saturated heterocycles. The highest BCUT2D eigenvalue weighted by atomic mass is 32.2. The van der Waals surface area contributed by atoms with Crippen LogP contribution in [-0.4, -0.2) is 58.5 Å². The third-order valence-electron chi connectivity index (χ3n) is 3.69. The lowest BCUT2D eigenvalue weighted by atomic mass is 10.1. The average molecular weight is 406 g/mol. The summed E-state index contributed by atoms with van der Waals surface area (Å²) in [5, 5.41) is 10.3. The van der Waals surface area contributed by atoms with Gasteiger partial charge in [0.05, 0.1) is 12.4 Å². The van der Waals surface area contributed by atoms with Crippen LogP contribution in [0.4, 0.5) is 4.79 Å². The molecule has 1 N–H and O–H groups in total. The molecule has 1 aromatic heterocycles. The normalized spacial score (nSPS) is 10.4. The molecular weight excluding hydrogens is 384 g/mol. The summed E-state index contributed by atoms with van der Waals surface area (Å²) < 4.78 is 10.2. The van der Waals surface area contributed by atoms with E-state index in [9.17, 15) is 14.4 Å². The summed E-state index contributed by atoms with van der Waals surface area (Å²) in [6, 6.07) is 7.62. The number of imide groups is 1. The van der Waals surface area contributed by atoms with Crippen molar-refractivity contribution in [2.45, 2.75) is 26.0 Å². The number of nitrogens with one attached hydrogen (secondary N) is 1. The molecule has 1 aromatic carbocycles. The van der Waals surface area contributed by atoms with E-state index < -0.39 is 12.0 Å². The molecule has 0 atom stereocenters. The van der Waals surface area contributed by atoms with Crippen LogP contribution in [0.2, 0.25) is 0 Å². The first kappa shape index (κ1) is 21.4. The summed E-state index contributed by atoms with van der Waals surface area (Å²) >= 11 is 1.09. The molecule has 3 amide bonds. The lowest BCUT2D eigenvalue weighted by molar-refractivity contribution is -0.133. The van der Waals surface area contributed by atoms with E-state index >= 15 is 0 Å². The van der Waals surface area contributed by atoms with Crippen LogP contribution in [0.15, 0.2) is 33.9 Å². The summed E-state index contributed by atoms with van der Waals surface area (Å²) in [5.74, 6) is -0.495. The maximum Gasteiger partial charge on any atom is 0.413 e. The Morgan fingerprint density at radius 1 is 1.21 bits per heavy atom. The van der Waals surface area contributed by atoms with Crippen LogP contribution in [-0.2, 0) is 14.3 Å². The molecule has 28 heavy (non-hydrogen) atoms. The molecule has 0 aliphatic heterocycles. The fourth-order valence-electron chi connectivity index (χ4n) is 2.27. The topological polar surface area (TPSA) is 115 Å². The number of alkyl carbamates (subject to hydrolysis) is 1. The fraction of sp³-hybridized carbons (Fsp3) is 0.389. The number of carbonyl (C=O) groups is 3. The van der Waals surface area contributed by atoms with Crippen molar-refractivity contribution in [3.8, 4) is 11.5 Å². The number of ether oxygens (including phenoxy) is 1. The summed E-state index contributed by atoms with van der Waals surface area (Å²) in [6.45, 7) is 5.53. The Bertz CT molecular complexity index is 839. The molecular formula is C18H22N4O5S. The van der Waals surface area contributed by atoms with Crippen molar-refractivity contribution in [2.24, 2.45) is 0 Å². The second kappa shape index (κ2) is 10.5. The van der Waals surface area contributed by atoms with Gasteiger partial charge in [0, 0.05) is 12.1 Å². The number of hydrogen-bond acceptors (Lipinski definition) is 8. The van der Waals surface area contributed by atoms with E-state index in [-0.39, 0.29) is 30.0 Å². The van der Waals surface area contributed by atoms with E-state index in [1.807, 2.05) is 31.2 Å². The molecule has 0 saturated carbocycles. The zero-order valence-electron chi connectivity index (χ0n) is 15.9. The highest BCUT2D eigenvalue weighted by Gasteiger charge is 2.19. The minimum atomic E-state index is -0.833. The molecule has 0 aliphatic rings. The number of aromatic nitrogens is 2. The molecule has 1 heterocycles. The van der Waals surface area contributed by atoms with Gasteiger partial charge < -0.3 is 14.1 Å². The fourth-order valence-corrected chi connectivity index (χ4v) is 2.94. The predicted octanol–water partition coefficient (Wildman–Crippen LogP) is 2.26. The Kier molecular flexibility index (Phi) is 8.00. The second-order valence-corrected chi connectivity index (χ2v) is 6.58. The van der Waals surface area contributed by atoms with Gasteiger partial charge >= 0.3 is 6.09 Å². The van der Waals surface area contributed by atoms with Crippen LogP contribution in [0.3, 0.4) is 0 Å². The number of amides is 3. The van der Waals surface area contributed by atoms with Gasteiger partial charge in [-0.05, 0) is 32.4 Å². The molecule has 2 aromatic rings. The van der Waals surface area contributed by atoms with Crippen molar-refractivity contribution in [3.05, 3.63) is 29.8 Å². The largest absolute Gasteiger partial charge is 0.450 e. The molecule has 2 rings (SSSR count). The maximum absolute atomic E-state index is 12.3. The minimum Gasteiger partial charge on any atom is -0.450 e. The van der Waals surface area contributed by atoms with Gasteiger partial charge in [-0.25, -0.2) is 4.79 Å². The first-order valence-corrected chi connectivity index (χ1v) is 9.69. The summed E-state index contributed by atoms with van der Waals surface area (Å²) in [7, 11) is 0. The standard InChI is InChI=1S/C18H22N4O5S/c1-4-22(10-14(23)19-17(25)26-5-2)15(24)11-28-18-21-20-16(27-18)13-9-7-6-8-12(13)3/h6-9H,4-5,10-11H2,1-3H3,(H,19,23,25). The third kappa shape index (κ3) is 6.08. The van der Waals surface area contributed by atoms with Crippen LogP contribution >= 0.6 is 11.8 Å². The SMILES string of the molecule is CCOC(=O)NC(=O)CN(CC)C(=O)CSc1nnc(-c2ccccc2C)o1. The van der Waals surface area contributed by atoms with Crippen molar-refractivity contribution in [3.63, 3.8) is 0 Å². The summed E-state index contributed by atoms with van der Waals surface area (Å²) in [5.41, 5.74) is 1.84. The number of aryl methyl sites for hydroxylation is 1.